The fraction of sp³-hybridized carbons (Fsp3) is 0.455. The van der Waals surface area contributed by atoms with Crippen molar-refractivity contribution in [2.45, 2.75) is 51.2 Å². The summed E-state index contributed by atoms with van der Waals surface area (Å²) in [5.74, 6) is 0.941. The topological polar surface area (TPSA) is 33.3 Å². The third-order valence-electron chi connectivity index (χ3n) is 5.13. The van der Waals surface area contributed by atoms with Crippen LogP contribution in [0, 0.1) is 0 Å². The van der Waals surface area contributed by atoms with E-state index in [1.807, 2.05) is 12.1 Å². The van der Waals surface area contributed by atoms with Gasteiger partial charge >= 0.3 is 0 Å². The summed E-state index contributed by atoms with van der Waals surface area (Å²) in [6.45, 7) is 8.51. The van der Waals surface area contributed by atoms with Crippen LogP contribution in [0.5, 0.6) is 5.75 Å². The van der Waals surface area contributed by atoms with E-state index in [9.17, 15) is 0 Å². The van der Waals surface area contributed by atoms with Crippen LogP contribution in [0.2, 0.25) is 5.02 Å². The van der Waals surface area contributed by atoms with Crippen molar-refractivity contribution in [3.63, 3.8) is 0 Å². The SMILES string of the molecule is COc1ccc(C(C)(C)C)cc1CNC1CCNC1c1cccc(Cl)c1. The molecule has 0 bridgehead atoms. The van der Waals surface area contributed by atoms with Crippen LogP contribution < -0.4 is 15.4 Å². The first-order valence-electron chi connectivity index (χ1n) is 9.28. The van der Waals surface area contributed by atoms with Crippen molar-refractivity contribution in [1.82, 2.24) is 10.6 Å². The zero-order chi connectivity index (χ0) is 18.7. The number of benzene rings is 2. The molecule has 2 unspecified atom stereocenters. The van der Waals surface area contributed by atoms with E-state index in [-0.39, 0.29) is 11.5 Å². The Morgan fingerprint density at radius 2 is 2.00 bits per heavy atom. The molecule has 1 saturated heterocycles. The molecule has 0 spiro atoms. The van der Waals surface area contributed by atoms with Crippen LogP contribution in [-0.4, -0.2) is 19.7 Å². The predicted molar refractivity (Wildman–Crippen MR) is 109 cm³/mol. The summed E-state index contributed by atoms with van der Waals surface area (Å²) >= 11 is 6.18. The molecule has 2 atom stereocenters. The van der Waals surface area contributed by atoms with Crippen LogP contribution in [0.15, 0.2) is 42.5 Å². The Hall–Kier alpha value is -1.55. The summed E-state index contributed by atoms with van der Waals surface area (Å²) < 4.78 is 5.58. The zero-order valence-corrected chi connectivity index (χ0v) is 16.9. The number of hydrogen-bond acceptors (Lipinski definition) is 3. The lowest BCUT2D eigenvalue weighted by atomic mass is 9.86. The molecule has 0 aliphatic carbocycles. The van der Waals surface area contributed by atoms with Gasteiger partial charge in [0.25, 0.3) is 0 Å². The second-order valence-corrected chi connectivity index (χ2v) is 8.48. The molecule has 2 aromatic carbocycles. The van der Waals surface area contributed by atoms with Crippen LogP contribution >= 0.6 is 11.6 Å². The lowest BCUT2D eigenvalue weighted by Gasteiger charge is -2.24. The standard InChI is InChI=1S/C22H29ClN2O/c1-22(2,3)17-8-9-20(26-4)16(12-17)14-25-19-10-11-24-21(19)15-6-5-7-18(23)13-15/h5-9,12-13,19,21,24-25H,10-11,14H2,1-4H3. The normalized spacial score (nSPS) is 20.3. The van der Waals surface area contributed by atoms with Gasteiger partial charge in [0, 0.05) is 29.2 Å². The van der Waals surface area contributed by atoms with Crippen molar-refractivity contribution in [3.05, 3.63) is 64.2 Å². The van der Waals surface area contributed by atoms with E-state index < -0.39 is 0 Å². The number of ether oxygens (including phenoxy) is 1. The summed E-state index contributed by atoms with van der Waals surface area (Å²) in [5, 5.41) is 8.12. The minimum atomic E-state index is 0.124. The smallest absolute Gasteiger partial charge is 0.123 e. The lowest BCUT2D eigenvalue weighted by molar-refractivity contribution is 0.400. The molecule has 2 aromatic rings. The lowest BCUT2D eigenvalue weighted by Crippen LogP contribution is -2.34. The predicted octanol–water partition coefficient (Wildman–Crippen LogP) is 4.84. The van der Waals surface area contributed by atoms with Crippen LogP contribution in [0.4, 0.5) is 0 Å². The average Bonchev–Trinajstić information content (AvgIpc) is 3.07. The molecule has 1 fully saturated rings. The molecule has 2 N–H and O–H groups in total. The Labute approximate surface area is 162 Å². The van der Waals surface area contributed by atoms with E-state index >= 15 is 0 Å². The summed E-state index contributed by atoms with van der Waals surface area (Å²) in [7, 11) is 1.74. The van der Waals surface area contributed by atoms with Crippen molar-refractivity contribution in [2.75, 3.05) is 13.7 Å². The number of hydrogen-bond donors (Lipinski definition) is 2. The van der Waals surface area contributed by atoms with E-state index in [2.05, 4.69) is 61.7 Å². The zero-order valence-electron chi connectivity index (χ0n) is 16.1. The first-order chi connectivity index (χ1) is 12.4. The van der Waals surface area contributed by atoms with Gasteiger partial charge in [-0.25, -0.2) is 0 Å². The molecule has 4 heteroatoms. The summed E-state index contributed by atoms with van der Waals surface area (Å²) in [4.78, 5) is 0. The maximum atomic E-state index is 6.18. The molecule has 3 rings (SSSR count). The third kappa shape index (κ3) is 4.40. The fourth-order valence-corrected chi connectivity index (χ4v) is 3.80. The van der Waals surface area contributed by atoms with Crippen LogP contribution in [0.25, 0.3) is 0 Å². The van der Waals surface area contributed by atoms with Gasteiger partial charge in [0.1, 0.15) is 5.75 Å². The van der Waals surface area contributed by atoms with Gasteiger partial charge in [-0.1, -0.05) is 56.6 Å². The maximum Gasteiger partial charge on any atom is 0.123 e. The largest absolute Gasteiger partial charge is 0.496 e. The highest BCUT2D eigenvalue weighted by atomic mass is 35.5. The molecule has 1 heterocycles. The van der Waals surface area contributed by atoms with Gasteiger partial charge in [0.2, 0.25) is 0 Å². The Bertz CT molecular complexity index is 754. The highest BCUT2D eigenvalue weighted by Gasteiger charge is 2.28. The first kappa shape index (κ1) is 19.2. The van der Waals surface area contributed by atoms with E-state index in [0.717, 1.165) is 30.3 Å². The minimum Gasteiger partial charge on any atom is -0.496 e. The Morgan fingerprint density at radius 1 is 1.19 bits per heavy atom. The number of nitrogens with one attached hydrogen (secondary N) is 2. The van der Waals surface area contributed by atoms with Crippen molar-refractivity contribution < 1.29 is 4.74 Å². The molecule has 1 aliphatic heterocycles. The van der Waals surface area contributed by atoms with Gasteiger partial charge in [0.05, 0.1) is 7.11 Å². The molecule has 3 nitrogen and oxygen atoms in total. The van der Waals surface area contributed by atoms with E-state index in [1.165, 1.54) is 16.7 Å². The summed E-state index contributed by atoms with van der Waals surface area (Å²) in [5.41, 5.74) is 3.89. The van der Waals surface area contributed by atoms with Crippen LogP contribution in [-0.2, 0) is 12.0 Å². The van der Waals surface area contributed by atoms with Crippen molar-refractivity contribution in [2.24, 2.45) is 0 Å². The van der Waals surface area contributed by atoms with E-state index in [1.54, 1.807) is 7.11 Å². The van der Waals surface area contributed by atoms with Crippen LogP contribution in [0.3, 0.4) is 0 Å². The maximum absolute atomic E-state index is 6.18. The van der Waals surface area contributed by atoms with Gasteiger partial charge in [-0.3, -0.25) is 0 Å². The molecular formula is C22H29ClN2O. The second kappa shape index (κ2) is 7.99. The van der Waals surface area contributed by atoms with Gasteiger partial charge in [-0.2, -0.15) is 0 Å². The third-order valence-corrected chi connectivity index (χ3v) is 5.37. The van der Waals surface area contributed by atoms with Crippen molar-refractivity contribution >= 4 is 11.6 Å². The van der Waals surface area contributed by atoms with Crippen molar-refractivity contribution in [3.8, 4) is 5.75 Å². The number of methoxy groups -OCH3 is 1. The highest BCUT2D eigenvalue weighted by molar-refractivity contribution is 6.30. The highest BCUT2D eigenvalue weighted by Crippen LogP contribution is 2.30. The molecule has 0 saturated carbocycles. The average molecular weight is 373 g/mol. The molecule has 0 aromatic heterocycles. The van der Waals surface area contributed by atoms with Crippen LogP contribution in [0.1, 0.15) is 49.9 Å². The molecule has 26 heavy (non-hydrogen) atoms. The van der Waals surface area contributed by atoms with Crippen molar-refractivity contribution in [1.29, 1.82) is 0 Å². The molecule has 1 aliphatic rings. The van der Waals surface area contributed by atoms with Gasteiger partial charge in [-0.15, -0.1) is 0 Å². The molecule has 0 amide bonds. The minimum absolute atomic E-state index is 0.124. The fourth-order valence-electron chi connectivity index (χ4n) is 3.60. The monoisotopic (exact) mass is 372 g/mol. The summed E-state index contributed by atoms with van der Waals surface area (Å²) in [6, 6.07) is 15.3. The van der Waals surface area contributed by atoms with Gasteiger partial charge in [-0.05, 0) is 47.7 Å². The number of rotatable bonds is 5. The second-order valence-electron chi connectivity index (χ2n) is 8.04. The Morgan fingerprint density at radius 3 is 2.69 bits per heavy atom. The molecule has 140 valence electrons. The molecule has 0 radical (unpaired) electrons. The Balaban J connectivity index is 1.75. The first-order valence-corrected chi connectivity index (χ1v) is 9.66. The Kier molecular flexibility index (Phi) is 5.91. The quantitative estimate of drug-likeness (QED) is 0.787. The molecular weight excluding hydrogens is 344 g/mol. The van der Waals surface area contributed by atoms with E-state index in [4.69, 9.17) is 16.3 Å². The number of halogens is 1. The summed E-state index contributed by atoms with van der Waals surface area (Å²) in [6.07, 6.45) is 1.10. The van der Waals surface area contributed by atoms with Gasteiger partial charge in [0.15, 0.2) is 0 Å². The van der Waals surface area contributed by atoms with Gasteiger partial charge < -0.3 is 15.4 Å². The van der Waals surface area contributed by atoms with E-state index in [0.29, 0.717) is 6.04 Å².